The summed E-state index contributed by atoms with van der Waals surface area (Å²) in [5, 5.41) is 2.73. The molecule has 0 radical (unpaired) electrons. The minimum atomic E-state index is -3.38. The summed E-state index contributed by atoms with van der Waals surface area (Å²) in [7, 11) is -3.38. The minimum Gasteiger partial charge on any atom is -0.330 e. The first-order valence-electron chi connectivity index (χ1n) is 6.88. The van der Waals surface area contributed by atoms with E-state index < -0.39 is 10.0 Å². The Bertz CT molecular complexity index is 573. The Morgan fingerprint density at radius 2 is 1.86 bits per heavy atom. The number of hydrogen-bond acceptors (Lipinski definition) is 4. The highest BCUT2D eigenvalue weighted by molar-refractivity contribution is 7.92. The molecule has 118 valence electrons. The van der Waals surface area contributed by atoms with Gasteiger partial charge in [-0.2, -0.15) is 0 Å². The van der Waals surface area contributed by atoms with Crippen molar-refractivity contribution in [3.8, 4) is 0 Å². The minimum absolute atomic E-state index is 0.137. The number of carbonyl (C=O) groups excluding carboxylic acids is 1. The fourth-order valence-corrected chi connectivity index (χ4v) is 2.48. The molecule has 1 amide bonds. The van der Waals surface area contributed by atoms with Crippen molar-refractivity contribution in [1.29, 1.82) is 0 Å². The molecule has 1 rings (SSSR count). The first-order chi connectivity index (χ1) is 9.81. The second-order valence-corrected chi connectivity index (χ2v) is 6.94. The van der Waals surface area contributed by atoms with Crippen LogP contribution in [0.4, 0.5) is 11.4 Å². The second-order valence-electron chi connectivity index (χ2n) is 5.19. The fourth-order valence-electron chi connectivity index (χ4n) is 1.90. The van der Waals surface area contributed by atoms with Gasteiger partial charge in [0.05, 0.1) is 17.6 Å². The molecular formula is C14H23N3O3S. The maximum Gasteiger partial charge on any atom is 0.229 e. The Morgan fingerprint density at radius 3 is 2.43 bits per heavy atom. The van der Waals surface area contributed by atoms with E-state index in [2.05, 4.69) is 17.0 Å². The summed E-state index contributed by atoms with van der Waals surface area (Å²) in [6.45, 7) is 2.67. The van der Waals surface area contributed by atoms with Gasteiger partial charge in [0.1, 0.15) is 0 Å². The van der Waals surface area contributed by atoms with E-state index in [0.29, 0.717) is 30.3 Å². The monoisotopic (exact) mass is 313 g/mol. The highest BCUT2D eigenvalue weighted by Gasteiger charge is 2.11. The number of benzene rings is 1. The largest absolute Gasteiger partial charge is 0.330 e. The summed E-state index contributed by atoms with van der Waals surface area (Å²) in [4.78, 5) is 11.9. The molecule has 0 aliphatic rings. The highest BCUT2D eigenvalue weighted by Crippen LogP contribution is 2.22. The van der Waals surface area contributed by atoms with E-state index in [1.165, 1.54) is 0 Å². The van der Waals surface area contributed by atoms with Gasteiger partial charge in [0.25, 0.3) is 0 Å². The average Bonchev–Trinajstić information content (AvgIpc) is 2.37. The van der Waals surface area contributed by atoms with E-state index in [1.54, 1.807) is 24.3 Å². The molecule has 0 aromatic heterocycles. The van der Waals surface area contributed by atoms with Gasteiger partial charge in [0.15, 0.2) is 0 Å². The normalized spacial score (nSPS) is 12.7. The van der Waals surface area contributed by atoms with Crippen molar-refractivity contribution in [2.75, 3.05) is 22.8 Å². The van der Waals surface area contributed by atoms with Gasteiger partial charge in [-0.3, -0.25) is 9.52 Å². The predicted molar refractivity (Wildman–Crippen MR) is 85.6 cm³/mol. The summed E-state index contributed by atoms with van der Waals surface area (Å²) in [5.74, 6) is 0.256. The van der Waals surface area contributed by atoms with Gasteiger partial charge >= 0.3 is 0 Å². The Morgan fingerprint density at radius 1 is 1.24 bits per heavy atom. The van der Waals surface area contributed by atoms with Crippen molar-refractivity contribution in [1.82, 2.24) is 0 Å². The smallest absolute Gasteiger partial charge is 0.229 e. The highest BCUT2D eigenvalue weighted by atomic mass is 32.2. The van der Waals surface area contributed by atoms with E-state index in [1.807, 2.05) is 0 Å². The van der Waals surface area contributed by atoms with Crippen LogP contribution in [0.1, 0.15) is 26.2 Å². The maximum atomic E-state index is 11.9. The Balaban J connectivity index is 2.64. The molecule has 0 aliphatic carbocycles. The van der Waals surface area contributed by atoms with Gasteiger partial charge in [0, 0.05) is 6.42 Å². The first kappa shape index (κ1) is 17.5. The van der Waals surface area contributed by atoms with Gasteiger partial charge < -0.3 is 11.1 Å². The van der Waals surface area contributed by atoms with E-state index in [4.69, 9.17) is 5.73 Å². The molecule has 21 heavy (non-hydrogen) atoms. The molecule has 4 N–H and O–H groups in total. The molecule has 1 aromatic rings. The Kier molecular flexibility index (Phi) is 6.64. The molecule has 1 aromatic carbocycles. The van der Waals surface area contributed by atoms with Crippen LogP contribution in [0.15, 0.2) is 24.3 Å². The lowest BCUT2D eigenvalue weighted by Gasteiger charge is -2.13. The fraction of sp³-hybridized carbons (Fsp3) is 0.500. The molecule has 0 heterocycles. The zero-order valence-electron chi connectivity index (χ0n) is 12.4. The number of carbonyl (C=O) groups is 1. The molecular weight excluding hydrogens is 290 g/mol. The van der Waals surface area contributed by atoms with Gasteiger partial charge in [-0.05, 0) is 37.4 Å². The quantitative estimate of drug-likeness (QED) is 0.680. The second kappa shape index (κ2) is 7.99. The first-order valence-corrected chi connectivity index (χ1v) is 8.77. The van der Waals surface area contributed by atoms with Crippen LogP contribution in [0.5, 0.6) is 0 Å². The van der Waals surface area contributed by atoms with Crippen LogP contribution >= 0.6 is 0 Å². The third-order valence-electron chi connectivity index (χ3n) is 3.02. The molecule has 0 fully saturated rings. The van der Waals surface area contributed by atoms with Crippen LogP contribution in [0.3, 0.4) is 0 Å². The standard InChI is InChI=1S/C14H23N3O3S/c1-11(9-10-15)7-8-14(18)16-12-5-3-4-6-13(12)17-21(2,19)20/h3-6,11,17H,7-10,15H2,1-2H3,(H,16,18). The lowest BCUT2D eigenvalue weighted by atomic mass is 10.0. The third kappa shape index (κ3) is 7.10. The van der Waals surface area contributed by atoms with Crippen LogP contribution in [-0.4, -0.2) is 27.1 Å². The molecule has 0 aliphatic heterocycles. The molecule has 7 heteroatoms. The van der Waals surface area contributed by atoms with Crippen molar-refractivity contribution in [2.24, 2.45) is 11.7 Å². The Hall–Kier alpha value is -1.60. The van der Waals surface area contributed by atoms with Crippen LogP contribution in [0.25, 0.3) is 0 Å². The molecule has 0 saturated carbocycles. The van der Waals surface area contributed by atoms with Crippen LogP contribution in [0, 0.1) is 5.92 Å². The summed E-state index contributed by atoms with van der Waals surface area (Å²) < 4.78 is 25.0. The maximum absolute atomic E-state index is 11.9. The summed E-state index contributed by atoms with van der Waals surface area (Å²) in [6, 6.07) is 6.70. The number of anilines is 2. The number of nitrogens with two attached hydrogens (primary N) is 1. The molecule has 0 bridgehead atoms. The van der Waals surface area contributed by atoms with Gasteiger partial charge in [0.2, 0.25) is 15.9 Å². The molecule has 1 unspecified atom stereocenters. The SMILES string of the molecule is CC(CCN)CCC(=O)Nc1ccccc1NS(C)(=O)=O. The molecule has 1 atom stereocenters. The van der Waals surface area contributed by atoms with Gasteiger partial charge in [-0.1, -0.05) is 19.1 Å². The predicted octanol–water partition coefficient (Wildman–Crippen LogP) is 1.76. The van der Waals surface area contributed by atoms with Gasteiger partial charge in [-0.25, -0.2) is 8.42 Å². The summed E-state index contributed by atoms with van der Waals surface area (Å²) in [5.41, 5.74) is 6.29. The number of nitrogens with one attached hydrogen (secondary N) is 2. The van der Waals surface area contributed by atoms with Crippen molar-refractivity contribution in [2.45, 2.75) is 26.2 Å². The molecule has 0 spiro atoms. The third-order valence-corrected chi connectivity index (χ3v) is 3.61. The van der Waals surface area contributed by atoms with Crippen molar-refractivity contribution in [3.63, 3.8) is 0 Å². The van der Waals surface area contributed by atoms with Crippen molar-refractivity contribution < 1.29 is 13.2 Å². The van der Waals surface area contributed by atoms with E-state index in [-0.39, 0.29) is 5.91 Å². The number of sulfonamides is 1. The van der Waals surface area contributed by atoms with E-state index >= 15 is 0 Å². The topological polar surface area (TPSA) is 101 Å². The Labute approximate surface area is 126 Å². The number of rotatable bonds is 8. The summed E-state index contributed by atoms with van der Waals surface area (Å²) >= 11 is 0. The van der Waals surface area contributed by atoms with Gasteiger partial charge in [-0.15, -0.1) is 0 Å². The number of hydrogen-bond donors (Lipinski definition) is 3. The van der Waals surface area contributed by atoms with Crippen molar-refractivity contribution >= 4 is 27.3 Å². The van der Waals surface area contributed by atoms with E-state index in [9.17, 15) is 13.2 Å². The van der Waals surface area contributed by atoms with Crippen LogP contribution in [0.2, 0.25) is 0 Å². The summed E-state index contributed by atoms with van der Waals surface area (Å²) in [6.07, 6.45) is 3.10. The molecule has 6 nitrogen and oxygen atoms in total. The van der Waals surface area contributed by atoms with Crippen LogP contribution in [-0.2, 0) is 14.8 Å². The number of para-hydroxylation sites is 2. The average molecular weight is 313 g/mol. The van der Waals surface area contributed by atoms with Crippen LogP contribution < -0.4 is 15.8 Å². The lowest BCUT2D eigenvalue weighted by molar-refractivity contribution is -0.116. The van der Waals surface area contributed by atoms with E-state index in [0.717, 1.165) is 19.1 Å². The zero-order valence-corrected chi connectivity index (χ0v) is 13.2. The van der Waals surface area contributed by atoms with Crippen molar-refractivity contribution in [3.05, 3.63) is 24.3 Å². The molecule has 0 saturated heterocycles. The lowest BCUT2D eigenvalue weighted by Crippen LogP contribution is -2.16. The zero-order chi connectivity index (χ0) is 15.9. The number of amides is 1.